The lowest BCUT2D eigenvalue weighted by Crippen LogP contribution is -1.98. The Kier molecular flexibility index (Phi) is 1.96. The molecule has 0 aliphatic rings. The smallest absolute Gasteiger partial charge is 0.253 e. The van der Waals surface area contributed by atoms with E-state index in [4.69, 9.17) is 0 Å². The minimum atomic E-state index is 0.513. The number of nitrogens with zero attached hydrogens (tertiary/aromatic N) is 4. The van der Waals surface area contributed by atoms with E-state index in [2.05, 4.69) is 29.0 Å². The summed E-state index contributed by atoms with van der Waals surface area (Å²) in [5.74, 6) is 1.19. The zero-order chi connectivity index (χ0) is 9.26. The molecule has 2 aromatic rings. The van der Waals surface area contributed by atoms with Crippen LogP contribution in [0, 0.1) is 0 Å². The zero-order valence-electron chi connectivity index (χ0n) is 7.81. The predicted molar refractivity (Wildman–Crippen MR) is 49.5 cm³/mol. The third-order valence-corrected chi connectivity index (χ3v) is 2.35. The van der Waals surface area contributed by atoms with Crippen LogP contribution in [-0.2, 0) is 0 Å². The van der Waals surface area contributed by atoms with Crippen LogP contribution in [0.25, 0.3) is 5.78 Å². The molecule has 1 atom stereocenters. The van der Waals surface area contributed by atoms with Crippen molar-refractivity contribution in [3.8, 4) is 0 Å². The van der Waals surface area contributed by atoms with Gasteiger partial charge in [0.25, 0.3) is 5.78 Å². The Morgan fingerprint density at radius 2 is 2.38 bits per heavy atom. The number of imidazole rings is 1. The number of rotatable bonds is 2. The van der Waals surface area contributed by atoms with E-state index in [-0.39, 0.29) is 0 Å². The molecule has 0 aliphatic heterocycles. The summed E-state index contributed by atoms with van der Waals surface area (Å²) in [6, 6.07) is 0. The van der Waals surface area contributed by atoms with Crippen molar-refractivity contribution in [1.29, 1.82) is 0 Å². The highest BCUT2D eigenvalue weighted by Crippen LogP contribution is 2.18. The molecule has 0 saturated heterocycles. The SMILES string of the molecule is CCC(C)c1cnc2nnccn12. The molecule has 0 bridgehead atoms. The van der Waals surface area contributed by atoms with Crippen molar-refractivity contribution in [3.63, 3.8) is 0 Å². The molecular formula is C9H12N4. The fourth-order valence-electron chi connectivity index (χ4n) is 1.35. The van der Waals surface area contributed by atoms with Crippen LogP contribution in [-0.4, -0.2) is 19.6 Å². The average Bonchev–Trinajstić information content (AvgIpc) is 2.60. The molecule has 4 nitrogen and oxygen atoms in total. The quantitative estimate of drug-likeness (QED) is 0.698. The number of fused-ring (bicyclic) bond motifs is 1. The van der Waals surface area contributed by atoms with E-state index >= 15 is 0 Å². The number of aromatic nitrogens is 4. The van der Waals surface area contributed by atoms with Crippen molar-refractivity contribution in [1.82, 2.24) is 19.6 Å². The van der Waals surface area contributed by atoms with Crippen LogP contribution in [0.1, 0.15) is 31.9 Å². The van der Waals surface area contributed by atoms with Gasteiger partial charge in [0.1, 0.15) is 0 Å². The van der Waals surface area contributed by atoms with E-state index in [1.807, 2.05) is 16.8 Å². The van der Waals surface area contributed by atoms with Crippen molar-refractivity contribution in [2.75, 3.05) is 0 Å². The summed E-state index contributed by atoms with van der Waals surface area (Å²) in [5, 5.41) is 7.70. The normalized spacial score (nSPS) is 13.4. The van der Waals surface area contributed by atoms with Crippen LogP contribution in [0.2, 0.25) is 0 Å². The van der Waals surface area contributed by atoms with Gasteiger partial charge in [-0.1, -0.05) is 13.8 Å². The molecule has 0 radical (unpaired) electrons. The van der Waals surface area contributed by atoms with Gasteiger partial charge in [-0.2, -0.15) is 5.10 Å². The monoisotopic (exact) mass is 176 g/mol. The molecule has 4 heteroatoms. The Bertz CT molecular complexity index is 407. The molecule has 2 aromatic heterocycles. The highest BCUT2D eigenvalue weighted by atomic mass is 15.2. The summed E-state index contributed by atoms with van der Waals surface area (Å²) in [5.41, 5.74) is 1.20. The molecule has 0 spiro atoms. The second-order valence-corrected chi connectivity index (χ2v) is 3.18. The number of hydrogen-bond acceptors (Lipinski definition) is 3. The third kappa shape index (κ3) is 1.28. The van der Waals surface area contributed by atoms with Crippen LogP contribution < -0.4 is 0 Å². The van der Waals surface area contributed by atoms with E-state index in [0.29, 0.717) is 11.7 Å². The average molecular weight is 176 g/mol. The van der Waals surface area contributed by atoms with Gasteiger partial charge in [0, 0.05) is 11.9 Å². The van der Waals surface area contributed by atoms with Crippen LogP contribution in [0.15, 0.2) is 18.6 Å². The van der Waals surface area contributed by atoms with Gasteiger partial charge >= 0.3 is 0 Å². The number of hydrogen-bond donors (Lipinski definition) is 0. The Morgan fingerprint density at radius 1 is 1.54 bits per heavy atom. The maximum absolute atomic E-state index is 4.18. The topological polar surface area (TPSA) is 43.1 Å². The summed E-state index contributed by atoms with van der Waals surface area (Å²) in [4.78, 5) is 4.18. The Hall–Kier alpha value is -1.45. The molecule has 1 unspecified atom stereocenters. The van der Waals surface area contributed by atoms with Crippen molar-refractivity contribution in [2.45, 2.75) is 26.2 Å². The van der Waals surface area contributed by atoms with Crippen molar-refractivity contribution >= 4 is 5.78 Å². The summed E-state index contributed by atoms with van der Waals surface area (Å²) in [6.07, 6.45) is 6.56. The molecule has 0 fully saturated rings. The Labute approximate surface area is 76.6 Å². The molecule has 0 N–H and O–H groups in total. The first-order chi connectivity index (χ1) is 6.33. The molecule has 2 rings (SSSR count). The molecule has 68 valence electrons. The summed E-state index contributed by atoms with van der Waals surface area (Å²) in [7, 11) is 0. The maximum atomic E-state index is 4.18. The Balaban J connectivity index is 2.57. The fourth-order valence-corrected chi connectivity index (χ4v) is 1.35. The minimum absolute atomic E-state index is 0.513. The molecule has 0 aliphatic carbocycles. The van der Waals surface area contributed by atoms with E-state index in [1.54, 1.807) is 6.20 Å². The lowest BCUT2D eigenvalue weighted by Gasteiger charge is -2.06. The standard InChI is InChI=1S/C9H12N4/c1-3-7(2)8-6-10-9-12-11-4-5-13(8)9/h4-7H,3H2,1-2H3. The van der Waals surface area contributed by atoms with E-state index in [1.165, 1.54) is 5.69 Å². The van der Waals surface area contributed by atoms with Crippen LogP contribution in [0.5, 0.6) is 0 Å². The van der Waals surface area contributed by atoms with E-state index in [9.17, 15) is 0 Å². The van der Waals surface area contributed by atoms with Gasteiger partial charge in [-0.25, -0.2) is 4.98 Å². The largest absolute Gasteiger partial charge is 0.285 e. The van der Waals surface area contributed by atoms with Crippen molar-refractivity contribution < 1.29 is 0 Å². The summed E-state index contributed by atoms with van der Waals surface area (Å²) >= 11 is 0. The van der Waals surface area contributed by atoms with E-state index in [0.717, 1.165) is 6.42 Å². The highest BCUT2D eigenvalue weighted by Gasteiger charge is 2.09. The highest BCUT2D eigenvalue weighted by molar-refractivity contribution is 5.29. The first-order valence-electron chi connectivity index (χ1n) is 4.47. The van der Waals surface area contributed by atoms with Crippen molar-refractivity contribution in [3.05, 3.63) is 24.3 Å². The second kappa shape index (κ2) is 3.12. The lowest BCUT2D eigenvalue weighted by molar-refractivity contribution is 0.697. The van der Waals surface area contributed by atoms with Gasteiger partial charge < -0.3 is 0 Å². The minimum Gasteiger partial charge on any atom is -0.285 e. The molecular weight excluding hydrogens is 164 g/mol. The predicted octanol–water partition coefficient (Wildman–Crippen LogP) is 1.64. The summed E-state index contributed by atoms with van der Waals surface area (Å²) in [6.45, 7) is 4.35. The maximum Gasteiger partial charge on any atom is 0.253 e. The van der Waals surface area contributed by atoms with Crippen molar-refractivity contribution in [2.24, 2.45) is 0 Å². The molecule has 0 amide bonds. The molecule has 0 aromatic carbocycles. The summed E-state index contributed by atoms with van der Waals surface area (Å²) < 4.78 is 1.99. The van der Waals surface area contributed by atoms with Crippen LogP contribution >= 0.6 is 0 Å². The van der Waals surface area contributed by atoms with Gasteiger partial charge in [-0.05, 0) is 12.3 Å². The molecule has 0 saturated carbocycles. The first kappa shape index (κ1) is 8.16. The van der Waals surface area contributed by atoms with E-state index < -0.39 is 0 Å². The first-order valence-corrected chi connectivity index (χ1v) is 4.47. The molecule has 2 heterocycles. The van der Waals surface area contributed by atoms with Gasteiger partial charge in [-0.3, -0.25) is 4.40 Å². The van der Waals surface area contributed by atoms with Gasteiger partial charge in [0.05, 0.1) is 12.4 Å². The lowest BCUT2D eigenvalue weighted by atomic mass is 10.1. The Morgan fingerprint density at radius 3 is 3.15 bits per heavy atom. The second-order valence-electron chi connectivity index (χ2n) is 3.18. The van der Waals surface area contributed by atoms with Gasteiger partial charge in [-0.15, -0.1) is 5.10 Å². The zero-order valence-corrected chi connectivity index (χ0v) is 7.81. The van der Waals surface area contributed by atoms with Gasteiger partial charge in [0.2, 0.25) is 0 Å². The third-order valence-electron chi connectivity index (χ3n) is 2.35. The van der Waals surface area contributed by atoms with Crippen LogP contribution in [0.4, 0.5) is 0 Å². The van der Waals surface area contributed by atoms with Gasteiger partial charge in [0.15, 0.2) is 0 Å². The molecule has 13 heavy (non-hydrogen) atoms. The van der Waals surface area contributed by atoms with Crippen LogP contribution in [0.3, 0.4) is 0 Å². The fraction of sp³-hybridized carbons (Fsp3) is 0.444.